The van der Waals surface area contributed by atoms with Gasteiger partial charge in [-0.05, 0) is 50.4 Å². The lowest BCUT2D eigenvalue weighted by molar-refractivity contribution is -0.142. The lowest BCUT2D eigenvalue weighted by Gasteiger charge is -2.30. The second kappa shape index (κ2) is 14.7. The molecule has 3 aliphatic rings. The van der Waals surface area contributed by atoms with Crippen molar-refractivity contribution in [2.75, 3.05) is 6.61 Å². The van der Waals surface area contributed by atoms with E-state index < -0.39 is 23.5 Å². The lowest BCUT2D eigenvalue weighted by Crippen LogP contribution is -2.50. The zero-order valence-corrected chi connectivity index (χ0v) is 21.7. The van der Waals surface area contributed by atoms with Gasteiger partial charge in [0, 0.05) is 12.1 Å². The third kappa shape index (κ3) is 10.3. The SMILES string of the molecule is C1CCC(NC2CCCCC2)CC1.C=CCO[C@@H]1CCC[C@H]1OC(=O)N[C@@H](C(=O)O)C(C)(C)C. The van der Waals surface area contributed by atoms with Gasteiger partial charge in [0.1, 0.15) is 12.1 Å². The van der Waals surface area contributed by atoms with Gasteiger partial charge in [-0.1, -0.05) is 65.4 Å². The summed E-state index contributed by atoms with van der Waals surface area (Å²) >= 11 is 0. The molecule has 0 aromatic rings. The number of amides is 1. The fourth-order valence-corrected chi connectivity index (χ4v) is 5.22. The first-order valence-electron chi connectivity index (χ1n) is 13.4. The van der Waals surface area contributed by atoms with Gasteiger partial charge in [0.25, 0.3) is 0 Å². The fraction of sp³-hybridized carbons (Fsp3) is 0.852. The summed E-state index contributed by atoms with van der Waals surface area (Å²) in [5.74, 6) is -1.08. The van der Waals surface area contributed by atoms with Gasteiger partial charge in [0.2, 0.25) is 0 Å². The first kappa shape index (κ1) is 28.6. The third-order valence-electron chi connectivity index (χ3n) is 7.14. The normalized spacial score (nSPS) is 25.0. The van der Waals surface area contributed by atoms with Crippen molar-refractivity contribution in [2.24, 2.45) is 5.41 Å². The number of carboxylic acids is 1. The highest BCUT2D eigenvalue weighted by Gasteiger charge is 2.36. The molecule has 3 aliphatic carbocycles. The Bertz CT molecular complexity index is 605. The van der Waals surface area contributed by atoms with Gasteiger partial charge in [0.05, 0.1) is 12.7 Å². The van der Waals surface area contributed by atoms with Crippen molar-refractivity contribution >= 4 is 12.1 Å². The summed E-state index contributed by atoms with van der Waals surface area (Å²) < 4.78 is 10.9. The Balaban J connectivity index is 0.000000266. The van der Waals surface area contributed by atoms with Gasteiger partial charge in [-0.2, -0.15) is 0 Å². The molecule has 0 aliphatic heterocycles. The molecule has 0 radical (unpaired) electrons. The molecule has 3 saturated carbocycles. The molecule has 7 nitrogen and oxygen atoms in total. The van der Waals surface area contributed by atoms with E-state index in [2.05, 4.69) is 17.2 Å². The molecular formula is C27H48N2O5. The summed E-state index contributed by atoms with van der Waals surface area (Å²) in [7, 11) is 0. The summed E-state index contributed by atoms with van der Waals surface area (Å²) in [5.41, 5.74) is -0.598. The number of carbonyl (C=O) groups is 2. The van der Waals surface area contributed by atoms with E-state index in [9.17, 15) is 14.7 Å². The molecule has 3 N–H and O–H groups in total. The van der Waals surface area contributed by atoms with Gasteiger partial charge in [-0.15, -0.1) is 6.58 Å². The Morgan fingerprint density at radius 1 is 0.912 bits per heavy atom. The average Bonchev–Trinajstić information content (AvgIpc) is 3.23. The molecule has 0 saturated heterocycles. The molecule has 7 heteroatoms. The maximum absolute atomic E-state index is 11.9. The minimum Gasteiger partial charge on any atom is -0.480 e. The molecular weight excluding hydrogens is 432 g/mol. The standard InChI is InChI=1S/C15H25NO5.C12H23N/c1-5-9-20-10-7-6-8-11(10)21-14(19)16-12(13(17)18)15(2,3)4;1-3-7-11(8-4-1)13-12-9-5-2-6-10-12/h5,10-12H,1,6-9H2,2-4H3,(H,16,19)(H,17,18);11-13H,1-10H2/t10-,11-,12+;/m1./s1. The number of hydrogen-bond acceptors (Lipinski definition) is 5. The summed E-state index contributed by atoms with van der Waals surface area (Å²) in [5, 5.41) is 15.5. The summed E-state index contributed by atoms with van der Waals surface area (Å²) in [6.45, 7) is 9.23. The van der Waals surface area contributed by atoms with E-state index in [1.807, 2.05) is 0 Å². The first-order valence-corrected chi connectivity index (χ1v) is 13.4. The van der Waals surface area contributed by atoms with E-state index in [-0.39, 0.29) is 12.2 Å². The molecule has 3 atom stereocenters. The summed E-state index contributed by atoms with van der Waals surface area (Å²) in [6, 6.07) is 0.743. The quantitative estimate of drug-likeness (QED) is 0.393. The lowest BCUT2D eigenvalue weighted by atomic mass is 9.87. The molecule has 0 unspecified atom stereocenters. The second-order valence-electron chi connectivity index (χ2n) is 11.2. The minimum atomic E-state index is -1.08. The Kier molecular flexibility index (Phi) is 12.4. The number of hydrogen-bond donors (Lipinski definition) is 3. The zero-order chi connectivity index (χ0) is 25.0. The third-order valence-corrected chi connectivity index (χ3v) is 7.14. The van der Waals surface area contributed by atoms with E-state index in [0.717, 1.165) is 31.3 Å². The Morgan fingerprint density at radius 2 is 1.44 bits per heavy atom. The molecule has 3 fully saturated rings. The minimum absolute atomic E-state index is 0.147. The number of alkyl carbamates (subject to hydrolysis) is 1. The molecule has 1 amide bonds. The van der Waals surface area contributed by atoms with Crippen molar-refractivity contribution in [3.8, 4) is 0 Å². The number of rotatable bonds is 8. The van der Waals surface area contributed by atoms with Crippen LogP contribution >= 0.6 is 0 Å². The Morgan fingerprint density at radius 3 is 1.91 bits per heavy atom. The van der Waals surface area contributed by atoms with Crippen LogP contribution in [0.5, 0.6) is 0 Å². The Labute approximate surface area is 206 Å². The second-order valence-corrected chi connectivity index (χ2v) is 11.2. The Hall–Kier alpha value is -1.60. The highest BCUT2D eigenvalue weighted by Crippen LogP contribution is 2.26. The maximum atomic E-state index is 11.9. The van der Waals surface area contributed by atoms with E-state index in [0.29, 0.717) is 6.61 Å². The summed E-state index contributed by atoms with van der Waals surface area (Å²) in [6.07, 6.45) is 17.5. The first-order chi connectivity index (χ1) is 16.2. The van der Waals surface area contributed by atoms with Gasteiger partial charge >= 0.3 is 12.1 Å². The van der Waals surface area contributed by atoms with Crippen molar-refractivity contribution in [3.63, 3.8) is 0 Å². The largest absolute Gasteiger partial charge is 0.480 e. The number of ether oxygens (including phenoxy) is 2. The maximum Gasteiger partial charge on any atom is 0.408 e. The number of aliphatic carboxylic acids is 1. The zero-order valence-electron chi connectivity index (χ0n) is 21.7. The topological polar surface area (TPSA) is 96.9 Å². The van der Waals surface area contributed by atoms with Crippen molar-refractivity contribution in [3.05, 3.63) is 12.7 Å². The van der Waals surface area contributed by atoms with Crippen LogP contribution in [0.15, 0.2) is 12.7 Å². The fourth-order valence-electron chi connectivity index (χ4n) is 5.22. The predicted octanol–water partition coefficient (Wildman–Crippen LogP) is 5.58. The van der Waals surface area contributed by atoms with Crippen LogP contribution in [0, 0.1) is 5.41 Å². The van der Waals surface area contributed by atoms with Gasteiger partial charge in [0.15, 0.2) is 0 Å². The van der Waals surface area contributed by atoms with Gasteiger partial charge < -0.3 is 25.2 Å². The number of carbonyl (C=O) groups excluding carboxylic acids is 1. The number of carboxylic acid groups (broad SMARTS) is 1. The molecule has 3 rings (SSSR count). The van der Waals surface area contributed by atoms with Crippen molar-refractivity contribution in [2.45, 2.75) is 135 Å². The highest BCUT2D eigenvalue weighted by atomic mass is 16.6. The van der Waals surface area contributed by atoms with Crippen LogP contribution in [0.2, 0.25) is 0 Å². The van der Waals surface area contributed by atoms with Crippen LogP contribution in [-0.4, -0.2) is 54.1 Å². The highest BCUT2D eigenvalue weighted by molar-refractivity contribution is 5.80. The molecule has 34 heavy (non-hydrogen) atoms. The van der Waals surface area contributed by atoms with Gasteiger partial charge in [-0.25, -0.2) is 9.59 Å². The van der Waals surface area contributed by atoms with Crippen LogP contribution in [0.4, 0.5) is 4.79 Å². The van der Waals surface area contributed by atoms with Gasteiger partial charge in [-0.3, -0.25) is 0 Å². The molecule has 196 valence electrons. The molecule has 0 aromatic heterocycles. The number of nitrogens with one attached hydrogen (secondary N) is 2. The van der Waals surface area contributed by atoms with E-state index in [4.69, 9.17) is 9.47 Å². The van der Waals surface area contributed by atoms with Crippen LogP contribution in [0.25, 0.3) is 0 Å². The van der Waals surface area contributed by atoms with Crippen molar-refractivity contribution in [1.82, 2.24) is 10.6 Å². The molecule has 0 bridgehead atoms. The predicted molar refractivity (Wildman–Crippen MR) is 135 cm³/mol. The van der Waals surface area contributed by atoms with Crippen LogP contribution in [0.3, 0.4) is 0 Å². The average molecular weight is 481 g/mol. The molecule has 0 aromatic carbocycles. The molecule has 0 spiro atoms. The van der Waals surface area contributed by atoms with Crippen LogP contribution in [0.1, 0.15) is 104 Å². The van der Waals surface area contributed by atoms with E-state index in [1.54, 1.807) is 26.8 Å². The van der Waals surface area contributed by atoms with Crippen LogP contribution in [-0.2, 0) is 14.3 Å². The van der Waals surface area contributed by atoms with E-state index >= 15 is 0 Å². The van der Waals surface area contributed by atoms with Crippen LogP contribution < -0.4 is 10.6 Å². The van der Waals surface area contributed by atoms with E-state index in [1.165, 1.54) is 64.2 Å². The monoisotopic (exact) mass is 480 g/mol. The smallest absolute Gasteiger partial charge is 0.408 e. The van der Waals surface area contributed by atoms with Crippen molar-refractivity contribution in [1.29, 1.82) is 0 Å². The summed E-state index contributed by atoms with van der Waals surface area (Å²) in [4.78, 5) is 23.1. The molecule has 0 heterocycles. The van der Waals surface area contributed by atoms with Crippen molar-refractivity contribution < 1.29 is 24.2 Å².